The summed E-state index contributed by atoms with van der Waals surface area (Å²) in [6.07, 6.45) is 0. The van der Waals surface area contributed by atoms with Crippen LogP contribution in [0.5, 0.6) is 0 Å². The van der Waals surface area contributed by atoms with E-state index in [2.05, 4.69) is 21.3 Å². The molecule has 4 nitrogen and oxygen atoms in total. The molecule has 0 bridgehead atoms. The smallest absolute Gasteiger partial charge is 0.147 e. The number of hydrogen-bond donors (Lipinski definition) is 1. The molecule has 1 aromatic heterocycles. The molecule has 0 amide bonds. The Morgan fingerprint density at radius 2 is 2.05 bits per heavy atom. The third-order valence-corrected chi connectivity index (χ3v) is 3.53. The first-order valence-corrected chi connectivity index (χ1v) is 6.62. The lowest BCUT2D eigenvalue weighted by Gasteiger charge is -2.29. The fourth-order valence-corrected chi connectivity index (χ4v) is 2.50. The van der Waals surface area contributed by atoms with Gasteiger partial charge < -0.3 is 10.2 Å². The van der Waals surface area contributed by atoms with Gasteiger partial charge in [0.2, 0.25) is 0 Å². The molecule has 1 aromatic carbocycles. The zero-order chi connectivity index (χ0) is 13.2. The Labute approximate surface area is 116 Å². The van der Waals surface area contributed by atoms with Crippen molar-refractivity contribution in [2.75, 3.05) is 31.1 Å². The van der Waals surface area contributed by atoms with Gasteiger partial charge >= 0.3 is 0 Å². The molecular formula is C14H13ClN4. The maximum atomic E-state index is 9.30. The number of rotatable bonds is 1. The van der Waals surface area contributed by atoms with Crippen LogP contribution < -0.4 is 10.2 Å². The zero-order valence-electron chi connectivity index (χ0n) is 10.4. The maximum absolute atomic E-state index is 9.30. The molecular weight excluding hydrogens is 260 g/mol. The van der Waals surface area contributed by atoms with Crippen molar-refractivity contribution in [2.24, 2.45) is 0 Å². The number of halogens is 1. The fourth-order valence-electron chi connectivity index (χ4n) is 2.33. The van der Waals surface area contributed by atoms with E-state index < -0.39 is 0 Å². The second-order valence-corrected chi connectivity index (χ2v) is 4.98. The van der Waals surface area contributed by atoms with E-state index in [0.29, 0.717) is 10.6 Å². The second kappa shape index (κ2) is 5.04. The molecule has 1 fully saturated rings. The molecule has 1 saturated heterocycles. The normalized spacial score (nSPS) is 15.5. The third-order valence-electron chi connectivity index (χ3n) is 3.30. The van der Waals surface area contributed by atoms with Crippen LogP contribution in [0.3, 0.4) is 0 Å². The number of nitrogens with zero attached hydrogens (tertiary/aromatic N) is 3. The summed E-state index contributed by atoms with van der Waals surface area (Å²) in [4.78, 5) is 6.77. The van der Waals surface area contributed by atoms with E-state index in [-0.39, 0.29) is 0 Å². The Morgan fingerprint density at radius 3 is 2.79 bits per heavy atom. The monoisotopic (exact) mass is 272 g/mol. The average molecular weight is 273 g/mol. The molecule has 2 heterocycles. The van der Waals surface area contributed by atoms with Crippen LogP contribution in [0.1, 0.15) is 5.56 Å². The number of aromatic nitrogens is 1. The van der Waals surface area contributed by atoms with Gasteiger partial charge in [0, 0.05) is 36.6 Å². The summed E-state index contributed by atoms with van der Waals surface area (Å²) in [5, 5.41) is 14.2. The first-order chi connectivity index (χ1) is 9.28. The second-order valence-electron chi connectivity index (χ2n) is 4.55. The van der Waals surface area contributed by atoms with E-state index in [0.717, 1.165) is 42.9 Å². The minimum atomic E-state index is 0.622. The highest BCUT2D eigenvalue weighted by Gasteiger charge is 2.16. The van der Waals surface area contributed by atoms with Crippen molar-refractivity contribution in [1.82, 2.24) is 10.3 Å². The number of anilines is 1. The third kappa shape index (κ3) is 2.35. The van der Waals surface area contributed by atoms with Crippen molar-refractivity contribution in [3.05, 3.63) is 34.9 Å². The molecule has 0 radical (unpaired) electrons. The Bertz CT molecular complexity index is 656. The van der Waals surface area contributed by atoms with Crippen molar-refractivity contribution in [3.8, 4) is 6.07 Å². The minimum absolute atomic E-state index is 0.622. The first-order valence-electron chi connectivity index (χ1n) is 6.24. The predicted octanol–water partition coefficient (Wildman–Crippen LogP) is 2.17. The van der Waals surface area contributed by atoms with Crippen molar-refractivity contribution in [1.29, 1.82) is 5.26 Å². The standard InChI is InChI=1S/C14H13ClN4/c15-12-2-1-10-7-11(9-16)14(18-13(10)8-12)19-5-3-17-4-6-19/h1-2,7-8,17H,3-6H2. The Kier molecular flexibility index (Phi) is 3.24. The van der Waals surface area contributed by atoms with Gasteiger partial charge in [-0.25, -0.2) is 4.98 Å². The summed E-state index contributed by atoms with van der Waals surface area (Å²) >= 11 is 6.00. The highest BCUT2D eigenvalue weighted by atomic mass is 35.5. The summed E-state index contributed by atoms with van der Waals surface area (Å²) in [5.41, 5.74) is 1.46. The molecule has 5 heteroatoms. The van der Waals surface area contributed by atoms with Gasteiger partial charge in [-0.15, -0.1) is 0 Å². The van der Waals surface area contributed by atoms with E-state index >= 15 is 0 Å². The van der Waals surface area contributed by atoms with Gasteiger partial charge in [-0.05, 0) is 18.2 Å². The van der Waals surface area contributed by atoms with Crippen LogP contribution in [-0.4, -0.2) is 31.2 Å². The SMILES string of the molecule is N#Cc1cc2ccc(Cl)cc2nc1N1CCNCC1. The van der Waals surface area contributed by atoms with Gasteiger partial charge in [0.15, 0.2) is 0 Å². The molecule has 2 aromatic rings. The largest absolute Gasteiger partial charge is 0.353 e. The molecule has 1 aliphatic heterocycles. The van der Waals surface area contributed by atoms with Crippen molar-refractivity contribution in [3.63, 3.8) is 0 Å². The first kappa shape index (κ1) is 12.2. The number of nitriles is 1. The average Bonchev–Trinajstić information content (AvgIpc) is 2.46. The molecule has 0 unspecified atom stereocenters. The quantitative estimate of drug-likeness (QED) is 0.864. The summed E-state index contributed by atoms with van der Waals surface area (Å²) in [6, 6.07) is 9.68. The summed E-state index contributed by atoms with van der Waals surface area (Å²) in [6.45, 7) is 3.57. The number of piperazine rings is 1. The van der Waals surface area contributed by atoms with E-state index in [1.54, 1.807) is 0 Å². The highest BCUT2D eigenvalue weighted by Crippen LogP contribution is 2.25. The van der Waals surface area contributed by atoms with E-state index in [1.165, 1.54) is 0 Å². The molecule has 96 valence electrons. The topological polar surface area (TPSA) is 52.0 Å². The maximum Gasteiger partial charge on any atom is 0.147 e. The van der Waals surface area contributed by atoms with Gasteiger partial charge in [-0.3, -0.25) is 0 Å². The molecule has 19 heavy (non-hydrogen) atoms. The summed E-state index contributed by atoms with van der Waals surface area (Å²) < 4.78 is 0. The van der Waals surface area contributed by atoms with Crippen molar-refractivity contribution >= 4 is 28.3 Å². The predicted molar refractivity (Wildman–Crippen MR) is 76.6 cm³/mol. The van der Waals surface area contributed by atoms with E-state index in [4.69, 9.17) is 11.6 Å². The number of nitrogens with one attached hydrogen (secondary N) is 1. The van der Waals surface area contributed by atoms with Crippen LogP contribution in [-0.2, 0) is 0 Å². The molecule has 0 spiro atoms. The van der Waals surface area contributed by atoms with E-state index in [1.807, 2.05) is 24.3 Å². The molecule has 1 aliphatic rings. The van der Waals surface area contributed by atoms with Crippen LogP contribution in [0.4, 0.5) is 5.82 Å². The lowest BCUT2D eigenvalue weighted by molar-refractivity contribution is 0.585. The molecule has 0 aliphatic carbocycles. The van der Waals surface area contributed by atoms with Gasteiger partial charge in [0.1, 0.15) is 11.9 Å². The Hall–Kier alpha value is -1.83. The molecule has 0 atom stereocenters. The number of benzene rings is 1. The Morgan fingerprint density at radius 1 is 1.26 bits per heavy atom. The molecule has 0 saturated carbocycles. The fraction of sp³-hybridized carbons (Fsp3) is 0.286. The molecule has 3 rings (SSSR count). The van der Waals surface area contributed by atoms with E-state index in [9.17, 15) is 5.26 Å². The number of hydrogen-bond acceptors (Lipinski definition) is 4. The van der Waals surface area contributed by atoms with Crippen LogP contribution in [0.15, 0.2) is 24.3 Å². The number of pyridine rings is 1. The van der Waals surface area contributed by atoms with Crippen molar-refractivity contribution in [2.45, 2.75) is 0 Å². The zero-order valence-corrected chi connectivity index (χ0v) is 11.1. The van der Waals surface area contributed by atoms with Crippen LogP contribution in [0, 0.1) is 11.3 Å². The van der Waals surface area contributed by atoms with Gasteiger partial charge in [-0.1, -0.05) is 17.7 Å². The van der Waals surface area contributed by atoms with Gasteiger partial charge in [0.05, 0.1) is 11.1 Å². The number of fused-ring (bicyclic) bond motifs is 1. The summed E-state index contributed by atoms with van der Waals surface area (Å²) in [7, 11) is 0. The van der Waals surface area contributed by atoms with Crippen molar-refractivity contribution < 1.29 is 0 Å². The van der Waals surface area contributed by atoms with Gasteiger partial charge in [-0.2, -0.15) is 5.26 Å². The summed E-state index contributed by atoms with van der Waals surface area (Å²) in [5.74, 6) is 0.763. The van der Waals surface area contributed by atoms with Gasteiger partial charge in [0.25, 0.3) is 0 Å². The van der Waals surface area contributed by atoms with Crippen LogP contribution in [0.2, 0.25) is 5.02 Å². The van der Waals surface area contributed by atoms with Crippen LogP contribution >= 0.6 is 11.6 Å². The Balaban J connectivity index is 2.13. The lowest BCUT2D eigenvalue weighted by atomic mass is 10.1. The highest BCUT2D eigenvalue weighted by molar-refractivity contribution is 6.31. The molecule has 1 N–H and O–H groups in total. The lowest BCUT2D eigenvalue weighted by Crippen LogP contribution is -2.44. The minimum Gasteiger partial charge on any atom is -0.353 e. The van der Waals surface area contributed by atoms with Crippen LogP contribution in [0.25, 0.3) is 10.9 Å².